The number of benzene rings is 2. The molecule has 0 bridgehead atoms. The Labute approximate surface area is 246 Å². The van der Waals surface area contributed by atoms with E-state index in [2.05, 4.69) is 16.9 Å². The summed E-state index contributed by atoms with van der Waals surface area (Å²) in [6.45, 7) is 2.10. The van der Waals surface area contributed by atoms with Crippen LogP contribution in [-0.2, 0) is 36.1 Å². The highest BCUT2D eigenvalue weighted by Gasteiger charge is 2.45. The lowest BCUT2D eigenvalue weighted by atomic mass is 9.96. The van der Waals surface area contributed by atoms with Crippen LogP contribution in [0.4, 0.5) is 0 Å². The molecule has 2 N–H and O–H groups in total. The van der Waals surface area contributed by atoms with Crippen LogP contribution in [0.3, 0.4) is 0 Å². The van der Waals surface area contributed by atoms with Gasteiger partial charge in [-0.2, -0.15) is 5.10 Å². The predicted octanol–water partition coefficient (Wildman–Crippen LogP) is 2.69. The van der Waals surface area contributed by atoms with Crippen molar-refractivity contribution in [3.8, 4) is 11.8 Å². The molecule has 1 heterocycles. The van der Waals surface area contributed by atoms with Crippen molar-refractivity contribution < 1.29 is 28.0 Å². The Hall–Kier alpha value is -3.43. The zero-order valence-electron chi connectivity index (χ0n) is 23.5. The van der Waals surface area contributed by atoms with Gasteiger partial charge in [-0.25, -0.2) is 13.9 Å². The number of carbonyl (C=O) groups is 2. The van der Waals surface area contributed by atoms with E-state index in [9.17, 15) is 18.0 Å². The molecule has 41 heavy (non-hydrogen) atoms. The third-order valence-corrected chi connectivity index (χ3v) is 9.45. The zero-order chi connectivity index (χ0) is 29.1. The molecule has 1 saturated carbocycles. The number of rotatable bonds is 10. The summed E-state index contributed by atoms with van der Waals surface area (Å²) in [7, 11) is -0.118. The van der Waals surface area contributed by atoms with Crippen LogP contribution in [0.15, 0.2) is 48.7 Å². The second-order valence-corrected chi connectivity index (χ2v) is 13.3. The number of aryl methyl sites for hydroxylation is 1. The Morgan fingerprint density at radius 3 is 2.37 bits per heavy atom. The second kappa shape index (κ2) is 12.6. The van der Waals surface area contributed by atoms with Crippen LogP contribution in [0.2, 0.25) is 0 Å². The van der Waals surface area contributed by atoms with Crippen molar-refractivity contribution in [3.63, 3.8) is 0 Å². The molecule has 1 aliphatic carbocycles. The number of nitrogens with zero attached hydrogens (tertiary/aromatic N) is 3. The molecule has 220 valence electrons. The van der Waals surface area contributed by atoms with Gasteiger partial charge in [-0.15, -0.1) is 12.4 Å². The quantitative estimate of drug-likeness (QED) is 0.157. The molecule has 3 aromatic rings. The predicted molar refractivity (Wildman–Crippen MR) is 158 cm³/mol. The lowest BCUT2D eigenvalue weighted by molar-refractivity contribution is -0.145. The summed E-state index contributed by atoms with van der Waals surface area (Å²) in [6, 6.07) is 13.6. The molecule has 0 unspecified atom stereocenters. The van der Waals surface area contributed by atoms with E-state index in [0.29, 0.717) is 12.1 Å². The number of esters is 1. The van der Waals surface area contributed by atoms with Crippen LogP contribution in [0.1, 0.15) is 42.9 Å². The first-order valence-electron chi connectivity index (χ1n) is 12.9. The van der Waals surface area contributed by atoms with E-state index in [1.165, 1.54) is 12.4 Å². The highest BCUT2D eigenvalue weighted by Crippen LogP contribution is 2.48. The monoisotopic (exact) mass is 602 g/mol. The molecule has 0 saturated heterocycles. The summed E-state index contributed by atoms with van der Waals surface area (Å²) in [4.78, 5) is 25.8. The molecule has 12 heteroatoms. The van der Waals surface area contributed by atoms with E-state index in [1.807, 2.05) is 56.6 Å². The minimum Gasteiger partial charge on any atom is -0.464 e. The average Bonchev–Trinajstić information content (AvgIpc) is 3.59. The Kier molecular flexibility index (Phi) is 9.87. The summed E-state index contributed by atoms with van der Waals surface area (Å²) < 4.78 is 29.7. The van der Waals surface area contributed by atoms with Crippen molar-refractivity contribution in [3.05, 3.63) is 65.4 Å². The minimum atomic E-state index is -3.79. The lowest BCUT2D eigenvalue weighted by Crippen LogP contribution is -2.49. The molecular weight excluding hydrogens is 568 g/mol. The smallest absolute Gasteiger partial charge is 0.320 e. The topological polar surface area (TPSA) is 131 Å². The van der Waals surface area contributed by atoms with Gasteiger partial charge in [-0.05, 0) is 76.2 Å². The van der Waals surface area contributed by atoms with Crippen LogP contribution in [0.25, 0.3) is 10.9 Å². The maximum atomic E-state index is 12.2. The van der Waals surface area contributed by atoms with Gasteiger partial charge in [0.1, 0.15) is 6.61 Å². The van der Waals surface area contributed by atoms with E-state index < -0.39 is 20.5 Å². The number of hydroxylamine groups is 1. The molecule has 1 aliphatic rings. The van der Waals surface area contributed by atoms with Gasteiger partial charge in [-0.3, -0.25) is 24.4 Å². The van der Waals surface area contributed by atoms with Crippen LogP contribution >= 0.6 is 12.4 Å². The molecule has 2 aromatic carbocycles. The summed E-state index contributed by atoms with van der Waals surface area (Å²) in [6.07, 6.45) is 4.66. The first kappa shape index (κ1) is 32.1. The Morgan fingerprint density at radius 2 is 1.78 bits per heavy atom. The SMILES string of the molecule is CN(C)CC(=O)OCC1(c2ccc(C#Cc3ccc4nn(CC[C@](C)(C(=O)NO)S(C)(=O)=O)cc4c3)cc2)CC1.Cl. The molecule has 4 rings (SSSR count). The number of aromatic nitrogens is 2. The van der Waals surface area contributed by atoms with Gasteiger partial charge >= 0.3 is 5.97 Å². The van der Waals surface area contributed by atoms with Gasteiger partial charge in [0, 0.05) is 40.9 Å². The van der Waals surface area contributed by atoms with E-state index >= 15 is 0 Å². The normalized spacial score (nSPS) is 15.3. The fraction of sp³-hybridized carbons (Fsp3) is 0.414. The van der Waals surface area contributed by atoms with Crippen LogP contribution in [0.5, 0.6) is 0 Å². The Balaban J connectivity index is 0.00000462. The van der Waals surface area contributed by atoms with Gasteiger partial charge in [0.2, 0.25) is 0 Å². The van der Waals surface area contributed by atoms with Gasteiger partial charge in [-0.1, -0.05) is 24.0 Å². The molecule has 1 amide bonds. The zero-order valence-corrected chi connectivity index (χ0v) is 25.1. The number of likely N-dealkylation sites (N-methyl/N-ethyl adjacent to an activating group) is 1. The van der Waals surface area contributed by atoms with E-state index in [-0.39, 0.29) is 43.3 Å². The van der Waals surface area contributed by atoms with E-state index in [1.54, 1.807) is 15.8 Å². The molecule has 0 aliphatic heterocycles. The summed E-state index contributed by atoms with van der Waals surface area (Å²) in [5, 5.41) is 14.3. The number of hydrogen-bond donors (Lipinski definition) is 2. The average molecular weight is 603 g/mol. The fourth-order valence-electron chi connectivity index (χ4n) is 4.42. The largest absolute Gasteiger partial charge is 0.464 e. The molecule has 10 nitrogen and oxygen atoms in total. The van der Waals surface area contributed by atoms with Gasteiger partial charge in [0.15, 0.2) is 14.6 Å². The van der Waals surface area contributed by atoms with Gasteiger partial charge in [0.25, 0.3) is 5.91 Å². The maximum Gasteiger partial charge on any atom is 0.320 e. The summed E-state index contributed by atoms with van der Waals surface area (Å²) in [5.74, 6) is 5.15. The number of hydrogen-bond acceptors (Lipinski definition) is 8. The Morgan fingerprint density at radius 1 is 1.15 bits per heavy atom. The number of sulfone groups is 1. The third-order valence-electron chi connectivity index (χ3n) is 7.43. The van der Waals surface area contributed by atoms with Crippen molar-refractivity contribution in [2.75, 3.05) is 33.5 Å². The highest BCUT2D eigenvalue weighted by molar-refractivity contribution is 7.92. The van der Waals surface area contributed by atoms with Crippen molar-refractivity contribution in [2.24, 2.45) is 0 Å². The van der Waals surface area contributed by atoms with Gasteiger partial charge < -0.3 is 4.74 Å². The van der Waals surface area contributed by atoms with Crippen molar-refractivity contribution in [1.82, 2.24) is 20.2 Å². The second-order valence-electron chi connectivity index (χ2n) is 10.9. The van der Waals surface area contributed by atoms with Gasteiger partial charge in [0.05, 0.1) is 12.1 Å². The number of fused-ring (bicyclic) bond motifs is 1. The number of nitrogens with one attached hydrogen (secondary N) is 1. The van der Waals surface area contributed by atoms with Crippen LogP contribution in [0, 0.1) is 11.8 Å². The lowest BCUT2D eigenvalue weighted by Gasteiger charge is -2.24. The molecule has 0 spiro atoms. The highest BCUT2D eigenvalue weighted by atomic mass is 35.5. The number of ether oxygens (including phenoxy) is 1. The number of amides is 1. The summed E-state index contributed by atoms with van der Waals surface area (Å²) >= 11 is 0. The van der Waals surface area contributed by atoms with Crippen molar-refractivity contribution in [2.45, 2.75) is 42.9 Å². The fourth-order valence-corrected chi connectivity index (χ4v) is 5.27. The summed E-state index contributed by atoms with van der Waals surface area (Å²) in [5.41, 5.74) is 4.87. The standard InChI is InChI=1S/C29H34N4O6S.ClH/c1-28(27(35)31-36,40(4,37)38)15-16-33-18-23-17-22(9-12-25(23)30-33)6-5-21-7-10-24(11-8-21)29(13-14-29)20-39-26(34)19-32(2)3;/h7-12,17-18,36H,13-16,19-20H2,1-4H3,(H,31,35);1H/t28-;/m1./s1. The molecule has 1 atom stereocenters. The molecular formula is C29H35ClN4O6S. The van der Waals surface area contributed by atoms with E-state index in [0.717, 1.165) is 41.2 Å². The Bertz CT molecular complexity index is 1590. The number of halogens is 1. The van der Waals surface area contributed by atoms with Crippen LogP contribution in [-0.4, -0.2) is 78.4 Å². The molecule has 1 aromatic heterocycles. The van der Waals surface area contributed by atoms with Crippen LogP contribution < -0.4 is 5.48 Å². The van der Waals surface area contributed by atoms with E-state index in [4.69, 9.17) is 9.94 Å². The molecule has 0 radical (unpaired) electrons. The first-order valence-corrected chi connectivity index (χ1v) is 14.8. The van der Waals surface area contributed by atoms with Crippen molar-refractivity contribution in [1.29, 1.82) is 0 Å². The third kappa shape index (κ3) is 7.45. The molecule has 1 fully saturated rings. The first-order chi connectivity index (χ1) is 18.8. The maximum absolute atomic E-state index is 12.2. The van der Waals surface area contributed by atoms with Crippen molar-refractivity contribution >= 4 is 45.0 Å². The minimum absolute atomic E-state index is 0. The number of carbonyl (C=O) groups excluding carboxylic acids is 2.